The minimum Gasteiger partial charge on any atom is -0.497 e. The molecule has 1 aromatic heterocycles. The summed E-state index contributed by atoms with van der Waals surface area (Å²) in [6.07, 6.45) is 2.41. The van der Waals surface area contributed by atoms with Gasteiger partial charge < -0.3 is 14.4 Å². The Morgan fingerprint density at radius 1 is 1.35 bits per heavy atom. The van der Waals surface area contributed by atoms with Gasteiger partial charge in [-0.2, -0.15) is 5.10 Å². The van der Waals surface area contributed by atoms with Crippen LogP contribution in [0.15, 0.2) is 35.1 Å². The van der Waals surface area contributed by atoms with Crippen molar-refractivity contribution in [2.45, 2.75) is 25.3 Å². The second-order valence-electron chi connectivity index (χ2n) is 6.72. The smallest absolute Gasteiger partial charge is 0.264 e. The molecule has 4 rings (SSSR count). The number of carbonyl (C=O) groups excluding carboxylic acids is 1. The third-order valence-corrected chi connectivity index (χ3v) is 5.10. The summed E-state index contributed by atoms with van der Waals surface area (Å²) in [5.41, 5.74) is 1.48. The predicted octanol–water partition coefficient (Wildman–Crippen LogP) is 1.69. The quantitative estimate of drug-likeness (QED) is 0.906. The Morgan fingerprint density at radius 3 is 3.00 bits per heavy atom. The Morgan fingerprint density at radius 2 is 2.23 bits per heavy atom. The Balaban J connectivity index is 1.53. The normalized spacial score (nSPS) is 21.8. The molecule has 2 unspecified atom stereocenters. The number of hydrogen-bond donors (Lipinski definition) is 1. The molecule has 0 radical (unpaired) electrons. The lowest BCUT2D eigenvalue weighted by molar-refractivity contribution is -0.138. The molecule has 1 amide bonds. The highest BCUT2D eigenvalue weighted by Gasteiger charge is 2.36. The van der Waals surface area contributed by atoms with E-state index in [0.717, 1.165) is 35.6 Å². The Labute approximate surface area is 150 Å². The minimum absolute atomic E-state index is 0.0777. The maximum atomic E-state index is 13.1. The lowest BCUT2D eigenvalue weighted by Gasteiger charge is -2.31. The lowest BCUT2D eigenvalue weighted by Crippen LogP contribution is -2.40. The molecule has 7 nitrogen and oxygen atoms in total. The van der Waals surface area contributed by atoms with Gasteiger partial charge in [-0.25, -0.2) is 5.10 Å². The molecule has 0 aliphatic carbocycles. The van der Waals surface area contributed by atoms with Crippen molar-refractivity contribution in [1.29, 1.82) is 0 Å². The van der Waals surface area contributed by atoms with Crippen LogP contribution >= 0.6 is 0 Å². The average molecular weight is 355 g/mol. The summed E-state index contributed by atoms with van der Waals surface area (Å²) in [5.74, 6) is 1.43. The van der Waals surface area contributed by atoms with E-state index in [2.05, 4.69) is 10.2 Å². The van der Waals surface area contributed by atoms with Gasteiger partial charge in [-0.3, -0.25) is 9.59 Å². The van der Waals surface area contributed by atoms with Crippen LogP contribution in [0.25, 0.3) is 0 Å². The number of methoxy groups -OCH3 is 1. The molecule has 0 saturated carbocycles. The molecule has 26 heavy (non-hydrogen) atoms. The van der Waals surface area contributed by atoms with Crippen LogP contribution in [0, 0.1) is 5.92 Å². The van der Waals surface area contributed by atoms with Gasteiger partial charge in [0.1, 0.15) is 18.1 Å². The lowest BCUT2D eigenvalue weighted by atomic mass is 9.95. The topological polar surface area (TPSA) is 84.5 Å². The number of aromatic nitrogens is 2. The van der Waals surface area contributed by atoms with Crippen molar-refractivity contribution >= 4 is 5.91 Å². The first-order valence-corrected chi connectivity index (χ1v) is 8.81. The SMILES string of the molecule is COc1ccc2c(c1)CC(C(=O)N1CCCC1c1ccc(=O)[nH]n1)CO2. The molecule has 1 N–H and O–H groups in total. The monoisotopic (exact) mass is 355 g/mol. The number of aromatic amines is 1. The maximum Gasteiger partial charge on any atom is 0.264 e. The van der Waals surface area contributed by atoms with Gasteiger partial charge in [0.05, 0.1) is 24.8 Å². The van der Waals surface area contributed by atoms with Crippen LogP contribution in [0.4, 0.5) is 0 Å². The van der Waals surface area contributed by atoms with Crippen molar-refractivity contribution in [3.05, 3.63) is 51.9 Å². The summed E-state index contributed by atoms with van der Waals surface area (Å²) in [6, 6.07) is 8.74. The van der Waals surface area contributed by atoms with E-state index in [9.17, 15) is 9.59 Å². The van der Waals surface area contributed by atoms with Gasteiger partial charge in [-0.15, -0.1) is 0 Å². The van der Waals surface area contributed by atoms with Crippen LogP contribution in [-0.4, -0.2) is 41.3 Å². The number of H-pyrrole nitrogens is 1. The highest BCUT2D eigenvalue weighted by molar-refractivity contribution is 5.80. The summed E-state index contributed by atoms with van der Waals surface area (Å²) in [7, 11) is 1.63. The first-order chi connectivity index (χ1) is 12.7. The van der Waals surface area contributed by atoms with E-state index in [1.165, 1.54) is 6.07 Å². The van der Waals surface area contributed by atoms with Crippen molar-refractivity contribution in [3.63, 3.8) is 0 Å². The Hall–Kier alpha value is -2.83. The van der Waals surface area contributed by atoms with Gasteiger partial charge in [0, 0.05) is 12.6 Å². The fraction of sp³-hybridized carbons (Fsp3) is 0.421. The molecule has 2 atom stereocenters. The average Bonchev–Trinajstić information content (AvgIpc) is 3.16. The molecule has 2 aliphatic rings. The van der Waals surface area contributed by atoms with E-state index in [-0.39, 0.29) is 23.4 Å². The number of amides is 1. The summed E-state index contributed by atoms with van der Waals surface area (Å²) >= 11 is 0. The van der Waals surface area contributed by atoms with E-state index >= 15 is 0 Å². The molecule has 0 bridgehead atoms. The van der Waals surface area contributed by atoms with Crippen LogP contribution in [0.5, 0.6) is 11.5 Å². The van der Waals surface area contributed by atoms with Crippen LogP contribution in [0.3, 0.4) is 0 Å². The molecule has 2 aromatic rings. The molecular formula is C19H21N3O4. The molecule has 1 saturated heterocycles. The van der Waals surface area contributed by atoms with Gasteiger partial charge in [-0.1, -0.05) is 0 Å². The molecule has 136 valence electrons. The first kappa shape index (κ1) is 16.6. The number of fused-ring (bicyclic) bond motifs is 1. The summed E-state index contributed by atoms with van der Waals surface area (Å²) < 4.78 is 11.1. The van der Waals surface area contributed by atoms with Gasteiger partial charge in [-0.05, 0) is 49.1 Å². The van der Waals surface area contributed by atoms with Crippen LogP contribution < -0.4 is 15.0 Å². The zero-order valence-corrected chi connectivity index (χ0v) is 14.6. The van der Waals surface area contributed by atoms with E-state index in [1.807, 2.05) is 23.1 Å². The number of carbonyl (C=O) groups is 1. The third-order valence-electron chi connectivity index (χ3n) is 5.10. The fourth-order valence-corrected chi connectivity index (χ4v) is 3.77. The van der Waals surface area contributed by atoms with E-state index in [0.29, 0.717) is 19.6 Å². The van der Waals surface area contributed by atoms with Crippen LogP contribution in [0.2, 0.25) is 0 Å². The van der Waals surface area contributed by atoms with Crippen molar-refractivity contribution in [3.8, 4) is 11.5 Å². The van der Waals surface area contributed by atoms with Gasteiger partial charge in [0.25, 0.3) is 5.56 Å². The summed E-state index contributed by atoms with van der Waals surface area (Å²) in [6.45, 7) is 1.08. The molecule has 3 heterocycles. The second-order valence-corrected chi connectivity index (χ2v) is 6.72. The number of rotatable bonds is 3. The predicted molar refractivity (Wildman–Crippen MR) is 94.2 cm³/mol. The van der Waals surface area contributed by atoms with Gasteiger partial charge >= 0.3 is 0 Å². The standard InChI is InChI=1S/C19H21N3O4/c1-25-14-4-6-17-12(10-14)9-13(11-26-17)19(24)22-8-2-3-16(22)15-5-7-18(23)21-20-15/h4-7,10,13,16H,2-3,8-9,11H2,1H3,(H,21,23). The van der Waals surface area contributed by atoms with E-state index in [4.69, 9.17) is 9.47 Å². The van der Waals surface area contributed by atoms with Gasteiger partial charge in [0.15, 0.2) is 0 Å². The first-order valence-electron chi connectivity index (χ1n) is 8.81. The molecule has 1 fully saturated rings. The Kier molecular flexibility index (Phi) is 4.36. The Bertz CT molecular complexity index is 859. The highest BCUT2D eigenvalue weighted by Crippen LogP contribution is 2.35. The zero-order valence-electron chi connectivity index (χ0n) is 14.6. The second kappa shape index (κ2) is 6.82. The van der Waals surface area contributed by atoms with Crippen molar-refractivity contribution in [2.75, 3.05) is 20.3 Å². The number of nitrogens with one attached hydrogen (secondary N) is 1. The maximum absolute atomic E-state index is 13.1. The third kappa shape index (κ3) is 3.05. The fourth-order valence-electron chi connectivity index (χ4n) is 3.77. The van der Waals surface area contributed by atoms with Crippen LogP contribution in [0.1, 0.15) is 30.1 Å². The number of hydrogen-bond acceptors (Lipinski definition) is 5. The number of nitrogens with zero attached hydrogens (tertiary/aromatic N) is 2. The molecule has 2 aliphatic heterocycles. The number of benzene rings is 1. The van der Waals surface area contributed by atoms with Gasteiger partial charge in [0.2, 0.25) is 5.91 Å². The summed E-state index contributed by atoms with van der Waals surface area (Å²) in [5, 5.41) is 6.58. The van der Waals surface area contributed by atoms with E-state index in [1.54, 1.807) is 13.2 Å². The highest BCUT2D eigenvalue weighted by atomic mass is 16.5. The van der Waals surface area contributed by atoms with Crippen molar-refractivity contribution in [2.24, 2.45) is 5.92 Å². The number of ether oxygens (including phenoxy) is 2. The molecular weight excluding hydrogens is 334 g/mol. The molecule has 0 spiro atoms. The van der Waals surface area contributed by atoms with E-state index < -0.39 is 0 Å². The minimum atomic E-state index is -0.240. The van der Waals surface area contributed by atoms with Crippen molar-refractivity contribution in [1.82, 2.24) is 15.1 Å². The zero-order chi connectivity index (χ0) is 18.1. The molecule has 1 aromatic carbocycles. The largest absolute Gasteiger partial charge is 0.497 e. The van der Waals surface area contributed by atoms with Crippen LogP contribution in [-0.2, 0) is 11.2 Å². The van der Waals surface area contributed by atoms with Crippen molar-refractivity contribution < 1.29 is 14.3 Å². The number of likely N-dealkylation sites (tertiary alicyclic amines) is 1. The molecule has 7 heteroatoms. The summed E-state index contributed by atoms with van der Waals surface area (Å²) in [4.78, 5) is 26.2.